The molecule has 0 unspecified atom stereocenters. The average Bonchev–Trinajstić information content (AvgIpc) is 3.21. The Balaban J connectivity index is 1.56. The van der Waals surface area contributed by atoms with Crippen LogP contribution in [0, 0.1) is 46.3 Å². The summed E-state index contributed by atoms with van der Waals surface area (Å²) < 4.78 is 0. The molecule has 0 aliphatic heterocycles. The van der Waals surface area contributed by atoms with Gasteiger partial charge in [-0.1, -0.05) is 19.4 Å². The summed E-state index contributed by atoms with van der Waals surface area (Å²) in [5.74, 6) is 4.88. The molecule has 0 aromatic carbocycles. The first-order chi connectivity index (χ1) is 11.4. The molecule has 0 aromatic heterocycles. The molecule has 0 saturated heterocycles. The van der Waals surface area contributed by atoms with Crippen LogP contribution in [0.15, 0.2) is 11.1 Å². The Kier molecular flexibility index (Phi) is 3.09. The molecule has 5 aliphatic carbocycles. The van der Waals surface area contributed by atoms with Crippen LogP contribution < -0.4 is 0 Å². The molecule has 132 valence electrons. The number of hydrogen-bond acceptors (Lipinski definition) is 2. The number of Topliss-reactive ketones (excluding diaryl/α,β-unsaturated/α-hetero) is 1. The van der Waals surface area contributed by atoms with E-state index >= 15 is 0 Å². The Labute approximate surface area is 146 Å². The Morgan fingerprint density at radius 3 is 2.83 bits per heavy atom. The topological polar surface area (TPSA) is 37.3 Å². The van der Waals surface area contributed by atoms with Gasteiger partial charge in [0.2, 0.25) is 0 Å². The molecule has 2 heteroatoms. The Hall–Kier alpha value is -0.630. The second-order valence-electron chi connectivity index (χ2n) is 10.1. The van der Waals surface area contributed by atoms with E-state index in [2.05, 4.69) is 20.8 Å². The molecule has 4 saturated carbocycles. The molecular formula is C22H32O2. The molecule has 1 spiro atoms. The van der Waals surface area contributed by atoms with Crippen LogP contribution in [0.2, 0.25) is 0 Å². The van der Waals surface area contributed by atoms with E-state index in [-0.39, 0.29) is 0 Å². The van der Waals surface area contributed by atoms with Crippen LogP contribution in [0.3, 0.4) is 0 Å². The van der Waals surface area contributed by atoms with Crippen LogP contribution in [-0.4, -0.2) is 17.5 Å². The van der Waals surface area contributed by atoms with Gasteiger partial charge in [-0.25, -0.2) is 0 Å². The van der Waals surface area contributed by atoms with Crippen molar-refractivity contribution in [2.24, 2.45) is 46.3 Å². The molecule has 24 heavy (non-hydrogen) atoms. The Morgan fingerprint density at radius 2 is 2.08 bits per heavy atom. The summed E-state index contributed by atoms with van der Waals surface area (Å²) >= 11 is 0. The van der Waals surface area contributed by atoms with E-state index in [1.54, 1.807) is 0 Å². The lowest BCUT2D eigenvalue weighted by atomic mass is 9.46. The van der Waals surface area contributed by atoms with Crippen molar-refractivity contribution in [3.05, 3.63) is 11.1 Å². The lowest BCUT2D eigenvalue weighted by Gasteiger charge is -2.58. The molecule has 0 aromatic rings. The number of rotatable bonds is 1. The predicted octanol–water partition coefficient (Wildman–Crippen LogP) is 4.37. The molecule has 4 fully saturated rings. The zero-order valence-electron chi connectivity index (χ0n) is 15.5. The van der Waals surface area contributed by atoms with Crippen molar-refractivity contribution < 1.29 is 9.90 Å². The van der Waals surface area contributed by atoms with Gasteiger partial charge in [-0.05, 0) is 97.4 Å². The summed E-state index contributed by atoms with van der Waals surface area (Å²) in [6, 6.07) is 0. The molecule has 5 aliphatic rings. The predicted molar refractivity (Wildman–Crippen MR) is 94.3 cm³/mol. The highest BCUT2D eigenvalue weighted by molar-refractivity contribution is 5.96. The van der Waals surface area contributed by atoms with Gasteiger partial charge in [-0.2, -0.15) is 0 Å². The van der Waals surface area contributed by atoms with Gasteiger partial charge in [0.1, 0.15) is 0 Å². The zero-order valence-corrected chi connectivity index (χ0v) is 15.5. The minimum Gasteiger partial charge on any atom is -0.396 e. The highest BCUT2D eigenvalue weighted by Gasteiger charge is 2.77. The van der Waals surface area contributed by atoms with Crippen molar-refractivity contribution >= 4 is 5.78 Å². The maximum Gasteiger partial charge on any atom is 0.158 e. The first-order valence-corrected chi connectivity index (χ1v) is 10.3. The second kappa shape index (κ2) is 4.75. The van der Waals surface area contributed by atoms with Gasteiger partial charge in [0.15, 0.2) is 5.78 Å². The number of hydrogen-bond donors (Lipinski definition) is 1. The highest BCUT2D eigenvalue weighted by atomic mass is 16.3. The number of allylic oxidation sites excluding steroid dienone is 1. The number of carbonyl (C=O) groups is 1. The molecule has 0 bridgehead atoms. The van der Waals surface area contributed by atoms with Crippen LogP contribution in [0.4, 0.5) is 0 Å². The molecule has 5 rings (SSSR count). The maximum absolute atomic E-state index is 12.2. The van der Waals surface area contributed by atoms with Crippen LogP contribution in [0.5, 0.6) is 0 Å². The van der Waals surface area contributed by atoms with Gasteiger partial charge in [0.25, 0.3) is 0 Å². The lowest BCUT2D eigenvalue weighted by molar-refractivity contribution is -0.118. The fourth-order valence-corrected chi connectivity index (χ4v) is 8.59. The molecule has 1 N–H and O–H groups in total. The van der Waals surface area contributed by atoms with Crippen molar-refractivity contribution in [1.29, 1.82) is 0 Å². The van der Waals surface area contributed by atoms with E-state index in [0.29, 0.717) is 41.0 Å². The van der Waals surface area contributed by atoms with Gasteiger partial charge in [-0.15, -0.1) is 0 Å². The van der Waals surface area contributed by atoms with Crippen LogP contribution in [0.1, 0.15) is 65.7 Å². The molecule has 0 amide bonds. The van der Waals surface area contributed by atoms with Crippen LogP contribution in [-0.2, 0) is 4.79 Å². The van der Waals surface area contributed by atoms with Crippen molar-refractivity contribution in [3.63, 3.8) is 0 Å². The van der Waals surface area contributed by atoms with Crippen molar-refractivity contribution in [2.45, 2.75) is 65.7 Å². The number of aliphatic hydroxyl groups is 1. The molecule has 8 atom stereocenters. The fourth-order valence-electron chi connectivity index (χ4n) is 8.59. The smallest absolute Gasteiger partial charge is 0.158 e. The summed E-state index contributed by atoms with van der Waals surface area (Å²) in [5, 5.41) is 9.97. The highest BCUT2D eigenvalue weighted by Crippen LogP contribution is 2.83. The number of ketones is 1. The van der Waals surface area contributed by atoms with E-state index in [1.165, 1.54) is 31.3 Å². The third-order valence-corrected chi connectivity index (χ3v) is 9.66. The van der Waals surface area contributed by atoms with Gasteiger partial charge in [0, 0.05) is 13.0 Å². The summed E-state index contributed by atoms with van der Waals surface area (Å²) in [6.45, 7) is 7.47. The summed E-state index contributed by atoms with van der Waals surface area (Å²) in [6.07, 6.45) is 8.39. The first-order valence-electron chi connectivity index (χ1n) is 10.3. The SMILES string of the molecule is CC1=C2C[C@@H](C)[C@@H]3[C@H](CC[C@]4(C)[C@H](CO)C[C@@H]5C[C@@]534)[C@H]2CCC1=O. The van der Waals surface area contributed by atoms with E-state index < -0.39 is 0 Å². The largest absolute Gasteiger partial charge is 0.396 e. The third-order valence-electron chi connectivity index (χ3n) is 9.66. The summed E-state index contributed by atoms with van der Waals surface area (Å²) in [5.41, 5.74) is 3.56. The fraction of sp³-hybridized carbons (Fsp3) is 0.864. The Bertz CT molecular complexity index is 634. The van der Waals surface area contributed by atoms with E-state index in [0.717, 1.165) is 42.6 Å². The molecule has 2 nitrogen and oxygen atoms in total. The van der Waals surface area contributed by atoms with E-state index in [4.69, 9.17) is 0 Å². The minimum atomic E-state index is 0.378. The normalized spacial score (nSPS) is 55.6. The lowest BCUT2D eigenvalue weighted by Crippen LogP contribution is -2.52. The van der Waals surface area contributed by atoms with Crippen LogP contribution >= 0.6 is 0 Å². The molecular weight excluding hydrogens is 296 g/mol. The van der Waals surface area contributed by atoms with Gasteiger partial charge < -0.3 is 5.11 Å². The van der Waals surface area contributed by atoms with Crippen molar-refractivity contribution in [3.8, 4) is 0 Å². The van der Waals surface area contributed by atoms with E-state index in [1.807, 2.05) is 0 Å². The number of aliphatic hydroxyl groups excluding tert-OH is 1. The van der Waals surface area contributed by atoms with Crippen LogP contribution in [0.25, 0.3) is 0 Å². The number of fused-ring (bicyclic) bond motifs is 3. The summed E-state index contributed by atoms with van der Waals surface area (Å²) in [7, 11) is 0. The zero-order chi connectivity index (χ0) is 16.9. The monoisotopic (exact) mass is 328 g/mol. The van der Waals surface area contributed by atoms with Gasteiger partial charge in [-0.3, -0.25) is 4.79 Å². The number of carbonyl (C=O) groups excluding carboxylic acids is 1. The summed E-state index contributed by atoms with van der Waals surface area (Å²) in [4.78, 5) is 12.2. The average molecular weight is 328 g/mol. The molecule has 0 radical (unpaired) electrons. The van der Waals surface area contributed by atoms with Gasteiger partial charge >= 0.3 is 0 Å². The molecule has 0 heterocycles. The standard InChI is InChI=1S/C22H32O2/c1-12-8-18-13(2)19(24)5-4-16(18)17-6-7-21(3)15(11-23)9-14-10-22(14,21)20(12)17/h12,14-17,20,23H,4-11H2,1-3H3/t12-,14-,15+,16-,17-,20-,21-,22-/m1/s1. The van der Waals surface area contributed by atoms with Crippen molar-refractivity contribution in [2.75, 3.05) is 6.61 Å². The maximum atomic E-state index is 12.2. The van der Waals surface area contributed by atoms with Gasteiger partial charge in [0.05, 0.1) is 0 Å². The Morgan fingerprint density at radius 1 is 1.29 bits per heavy atom. The quantitative estimate of drug-likeness (QED) is 0.776. The second-order valence-corrected chi connectivity index (χ2v) is 10.1. The van der Waals surface area contributed by atoms with Crippen molar-refractivity contribution in [1.82, 2.24) is 0 Å². The van der Waals surface area contributed by atoms with E-state index in [9.17, 15) is 9.90 Å². The third kappa shape index (κ3) is 1.60. The first kappa shape index (κ1) is 15.6. The minimum absolute atomic E-state index is 0.378.